The van der Waals surface area contributed by atoms with Crippen LogP contribution in [0.3, 0.4) is 0 Å². The number of hydrogen-bond acceptors (Lipinski definition) is 6. The van der Waals surface area contributed by atoms with Crippen LogP contribution in [0, 0.1) is 6.92 Å². The summed E-state index contributed by atoms with van der Waals surface area (Å²) in [5.74, 6) is 0.802. The van der Waals surface area contributed by atoms with Crippen molar-refractivity contribution in [1.29, 1.82) is 0 Å². The number of nitrogens with zero attached hydrogens (tertiary/aromatic N) is 3. The van der Waals surface area contributed by atoms with Gasteiger partial charge in [0.1, 0.15) is 24.2 Å². The fourth-order valence-corrected chi connectivity index (χ4v) is 3.72. The molecular weight excluding hydrogens is 462 g/mol. The maximum Gasteiger partial charge on any atom is 0.257 e. The average Bonchev–Trinajstić information content (AvgIpc) is 3.24. The summed E-state index contributed by atoms with van der Waals surface area (Å²) in [6, 6.07) is 16.1. The molecule has 10 heteroatoms. The molecule has 0 saturated carbocycles. The number of nitrogens with one attached hydrogen (secondary N) is 2. The Labute approximate surface area is 199 Å². The number of fused-ring (bicyclic) bond motifs is 2. The molecule has 8 nitrogen and oxygen atoms in total. The monoisotopic (exact) mass is 479 g/mol. The molecule has 2 N–H and O–H groups in total. The highest BCUT2D eigenvalue weighted by atomic mass is 35.5. The van der Waals surface area contributed by atoms with Gasteiger partial charge in [0, 0.05) is 16.3 Å². The van der Waals surface area contributed by atoms with Crippen molar-refractivity contribution >= 4 is 51.6 Å². The van der Waals surface area contributed by atoms with Crippen molar-refractivity contribution in [3.8, 4) is 17.2 Å². The van der Waals surface area contributed by atoms with Crippen molar-refractivity contribution in [3.05, 3.63) is 70.7 Å². The van der Waals surface area contributed by atoms with Crippen molar-refractivity contribution in [2.24, 2.45) is 0 Å². The highest BCUT2D eigenvalue weighted by molar-refractivity contribution is 7.80. The zero-order valence-electron chi connectivity index (χ0n) is 17.5. The van der Waals surface area contributed by atoms with Crippen molar-refractivity contribution < 1.29 is 14.3 Å². The lowest BCUT2D eigenvalue weighted by molar-refractivity contribution is 0.0976. The molecular formula is C23H18ClN5O3S. The molecule has 1 aliphatic rings. The van der Waals surface area contributed by atoms with E-state index in [-0.39, 0.29) is 11.0 Å². The third-order valence-corrected chi connectivity index (χ3v) is 5.67. The number of aryl methyl sites for hydroxylation is 1. The number of hydrogen-bond donors (Lipinski definition) is 2. The van der Waals surface area contributed by atoms with Crippen LogP contribution < -0.4 is 20.1 Å². The maximum absolute atomic E-state index is 12.6. The number of carbonyl (C=O) groups excluding carboxylic acids is 1. The summed E-state index contributed by atoms with van der Waals surface area (Å²) in [4.78, 5) is 14.1. The highest BCUT2D eigenvalue weighted by Gasteiger charge is 2.16. The van der Waals surface area contributed by atoms with Crippen molar-refractivity contribution in [1.82, 2.24) is 20.3 Å². The number of rotatable bonds is 3. The first kappa shape index (κ1) is 21.2. The molecule has 1 aliphatic heterocycles. The number of anilines is 1. The second-order valence-electron chi connectivity index (χ2n) is 7.39. The van der Waals surface area contributed by atoms with Crippen molar-refractivity contribution in [3.63, 3.8) is 0 Å². The number of benzene rings is 3. The van der Waals surface area contributed by atoms with Crippen molar-refractivity contribution in [2.75, 3.05) is 18.5 Å². The molecule has 3 aromatic carbocycles. The Kier molecular flexibility index (Phi) is 5.57. The Morgan fingerprint density at radius 3 is 2.61 bits per heavy atom. The molecule has 0 bridgehead atoms. The van der Waals surface area contributed by atoms with Gasteiger partial charge in [-0.1, -0.05) is 17.7 Å². The van der Waals surface area contributed by atoms with Crippen LogP contribution in [-0.4, -0.2) is 39.2 Å². The summed E-state index contributed by atoms with van der Waals surface area (Å²) in [5.41, 5.74) is 4.21. The van der Waals surface area contributed by atoms with Gasteiger partial charge in [0.05, 0.1) is 5.69 Å². The lowest BCUT2D eigenvalue weighted by Crippen LogP contribution is -2.34. The lowest BCUT2D eigenvalue weighted by Gasteiger charge is -2.18. The average molecular weight is 480 g/mol. The number of ether oxygens (including phenoxy) is 2. The van der Waals surface area contributed by atoms with Gasteiger partial charge in [0.2, 0.25) is 0 Å². The van der Waals surface area contributed by atoms with E-state index in [1.807, 2.05) is 37.3 Å². The first-order valence-electron chi connectivity index (χ1n) is 10.1. The van der Waals surface area contributed by atoms with E-state index in [1.165, 1.54) is 4.80 Å². The van der Waals surface area contributed by atoms with Crippen LogP contribution in [0.5, 0.6) is 11.5 Å². The fourth-order valence-electron chi connectivity index (χ4n) is 3.34. The molecule has 33 heavy (non-hydrogen) atoms. The molecule has 1 aromatic heterocycles. The standard InChI is InChI=1S/C23H18ClN5O3S/c1-13-2-5-16(12-17(13)24)29-27-18-6-4-15(11-19(18)28-29)25-23(33)26-22(30)14-3-7-20-21(10-14)32-9-8-31-20/h2-7,10-12H,8-9H2,1H3,(H2,25,26,30,33). The number of carbonyl (C=O) groups is 1. The van der Waals surface area contributed by atoms with E-state index >= 15 is 0 Å². The van der Waals surface area contributed by atoms with E-state index in [9.17, 15) is 4.79 Å². The first-order valence-corrected chi connectivity index (χ1v) is 10.9. The van der Waals surface area contributed by atoms with E-state index in [4.69, 9.17) is 33.3 Å². The van der Waals surface area contributed by atoms with Gasteiger partial charge < -0.3 is 14.8 Å². The summed E-state index contributed by atoms with van der Waals surface area (Å²) < 4.78 is 11.0. The highest BCUT2D eigenvalue weighted by Crippen LogP contribution is 2.30. The number of aromatic nitrogens is 3. The molecule has 1 amide bonds. The normalized spacial score (nSPS) is 12.4. The molecule has 0 radical (unpaired) electrons. The van der Waals surface area contributed by atoms with E-state index in [0.717, 1.165) is 11.3 Å². The number of amides is 1. The van der Waals surface area contributed by atoms with E-state index in [2.05, 4.69) is 20.8 Å². The molecule has 2 heterocycles. The van der Waals surface area contributed by atoms with Gasteiger partial charge in [0.25, 0.3) is 5.91 Å². The zero-order valence-corrected chi connectivity index (χ0v) is 19.0. The Bertz CT molecular complexity index is 1400. The second-order valence-corrected chi connectivity index (χ2v) is 8.21. The van der Waals surface area contributed by atoms with Crippen LogP contribution in [0.15, 0.2) is 54.6 Å². The summed E-state index contributed by atoms with van der Waals surface area (Å²) in [6.07, 6.45) is 0. The Morgan fingerprint density at radius 2 is 1.79 bits per heavy atom. The summed E-state index contributed by atoms with van der Waals surface area (Å²) >= 11 is 11.5. The van der Waals surface area contributed by atoms with Gasteiger partial charge >= 0.3 is 0 Å². The Morgan fingerprint density at radius 1 is 1.00 bits per heavy atom. The first-order chi connectivity index (χ1) is 16.0. The van der Waals surface area contributed by atoms with Gasteiger partial charge in [-0.3, -0.25) is 10.1 Å². The Balaban J connectivity index is 1.29. The Hall–Kier alpha value is -3.69. The predicted molar refractivity (Wildman–Crippen MR) is 130 cm³/mol. The van der Waals surface area contributed by atoms with Gasteiger partial charge in [-0.2, -0.15) is 4.80 Å². The lowest BCUT2D eigenvalue weighted by atomic mass is 10.2. The maximum atomic E-state index is 12.6. The van der Waals surface area contributed by atoms with Gasteiger partial charge in [-0.25, -0.2) is 0 Å². The molecule has 0 unspecified atom stereocenters. The van der Waals surface area contributed by atoms with E-state index in [0.29, 0.717) is 52.0 Å². The van der Waals surface area contributed by atoms with Crippen LogP contribution in [0.4, 0.5) is 5.69 Å². The molecule has 0 aliphatic carbocycles. The molecule has 166 valence electrons. The van der Waals surface area contributed by atoms with Gasteiger partial charge in [0.15, 0.2) is 16.6 Å². The number of halogens is 1. The van der Waals surface area contributed by atoms with Crippen LogP contribution in [0.1, 0.15) is 15.9 Å². The largest absolute Gasteiger partial charge is 0.486 e. The smallest absolute Gasteiger partial charge is 0.257 e. The zero-order chi connectivity index (χ0) is 22.9. The minimum absolute atomic E-state index is 0.159. The third kappa shape index (κ3) is 4.46. The van der Waals surface area contributed by atoms with Crippen LogP contribution >= 0.6 is 23.8 Å². The van der Waals surface area contributed by atoms with Crippen LogP contribution in [-0.2, 0) is 0 Å². The minimum Gasteiger partial charge on any atom is -0.486 e. The van der Waals surface area contributed by atoms with Crippen LogP contribution in [0.25, 0.3) is 16.7 Å². The molecule has 0 spiro atoms. The summed E-state index contributed by atoms with van der Waals surface area (Å²) in [6.45, 7) is 2.87. The summed E-state index contributed by atoms with van der Waals surface area (Å²) in [5, 5.41) is 15.5. The SMILES string of the molecule is Cc1ccc(-n2nc3ccc(NC(=S)NC(=O)c4ccc5c(c4)OCCO5)cc3n2)cc1Cl. The quantitative estimate of drug-likeness (QED) is 0.424. The van der Waals surface area contributed by atoms with Crippen LogP contribution in [0.2, 0.25) is 5.02 Å². The van der Waals surface area contributed by atoms with Gasteiger partial charge in [-0.05, 0) is 73.2 Å². The van der Waals surface area contributed by atoms with Gasteiger partial charge in [-0.15, -0.1) is 10.2 Å². The number of thiocarbonyl (C=S) groups is 1. The third-order valence-electron chi connectivity index (χ3n) is 5.06. The predicted octanol–water partition coefficient (Wildman–Crippen LogP) is 4.28. The summed E-state index contributed by atoms with van der Waals surface area (Å²) in [7, 11) is 0. The molecule has 0 saturated heterocycles. The molecule has 4 aromatic rings. The molecule has 0 fully saturated rings. The topological polar surface area (TPSA) is 90.3 Å². The van der Waals surface area contributed by atoms with E-state index in [1.54, 1.807) is 24.3 Å². The van der Waals surface area contributed by atoms with E-state index < -0.39 is 0 Å². The second kappa shape index (κ2) is 8.68. The fraction of sp³-hybridized carbons (Fsp3) is 0.130. The minimum atomic E-state index is -0.354. The molecule has 0 atom stereocenters. The van der Waals surface area contributed by atoms with Crippen molar-refractivity contribution in [2.45, 2.75) is 6.92 Å². The molecule has 5 rings (SSSR count).